The monoisotopic (exact) mass is 403 g/mol. The first kappa shape index (κ1) is 19.1. The summed E-state index contributed by atoms with van der Waals surface area (Å²) in [5.41, 5.74) is 7.77. The predicted molar refractivity (Wildman–Crippen MR) is 103 cm³/mol. The number of carbonyl (C=O) groups is 2. The van der Waals surface area contributed by atoms with Gasteiger partial charge in [0.1, 0.15) is 12.1 Å². The molecule has 1 aromatic carbocycles. The number of carbonyl (C=O) groups excluding carboxylic acids is 2. The lowest BCUT2D eigenvalue weighted by Gasteiger charge is -2.15. The molecule has 1 aromatic heterocycles. The van der Waals surface area contributed by atoms with Crippen molar-refractivity contribution < 1.29 is 14.3 Å². The minimum Gasteiger partial charge on any atom is -0.449 e. The molecule has 2 heterocycles. The van der Waals surface area contributed by atoms with Gasteiger partial charge in [-0.1, -0.05) is 23.2 Å². The van der Waals surface area contributed by atoms with E-state index in [9.17, 15) is 9.59 Å². The maximum absolute atomic E-state index is 12.7. The van der Waals surface area contributed by atoms with Crippen LogP contribution in [0.4, 0.5) is 5.82 Å². The number of cyclic esters (lactones) is 1. The molecule has 138 valence electrons. The molecule has 0 fully saturated rings. The van der Waals surface area contributed by atoms with Gasteiger partial charge in [-0.25, -0.2) is 14.8 Å². The molecule has 0 amide bonds. The van der Waals surface area contributed by atoms with Gasteiger partial charge in [-0.05, 0) is 43.7 Å². The van der Waals surface area contributed by atoms with Crippen LogP contribution in [0, 0.1) is 0 Å². The van der Waals surface area contributed by atoms with Crippen molar-refractivity contribution in [2.45, 2.75) is 20.0 Å². The van der Waals surface area contributed by atoms with Gasteiger partial charge >= 0.3 is 5.97 Å². The van der Waals surface area contributed by atoms with Crippen molar-refractivity contribution in [1.82, 2.24) is 9.97 Å². The van der Waals surface area contributed by atoms with E-state index in [1.165, 1.54) is 12.5 Å². The summed E-state index contributed by atoms with van der Waals surface area (Å²) in [7, 11) is 0. The Bertz CT molecular complexity index is 1010. The molecular formula is C19H15Cl2N3O3. The van der Waals surface area contributed by atoms with E-state index in [0.717, 1.165) is 0 Å². The number of nitrogen functional groups attached to an aromatic ring is 1. The standard InChI is InChI=1S/C19H15Cl2N3O3/c1-9(16(25)15-7-23-8-24-18(15)22)5-13(10(2)20)17-14-6-11(21)3-4-12(14)19(26)27-17/h3-8,17H,1-2H3,(H2,22,23,24)/b9-5+,13-10-. The van der Waals surface area contributed by atoms with Crippen molar-refractivity contribution >= 4 is 40.8 Å². The van der Waals surface area contributed by atoms with Crippen LogP contribution < -0.4 is 5.73 Å². The summed E-state index contributed by atoms with van der Waals surface area (Å²) in [6.45, 7) is 3.27. The maximum Gasteiger partial charge on any atom is 0.339 e. The molecule has 0 radical (unpaired) electrons. The van der Waals surface area contributed by atoms with Crippen molar-refractivity contribution in [1.29, 1.82) is 0 Å². The number of benzene rings is 1. The number of hydrogen-bond donors (Lipinski definition) is 1. The number of ether oxygens (including phenoxy) is 1. The van der Waals surface area contributed by atoms with Crippen LogP contribution in [0.15, 0.2) is 53.0 Å². The third-order valence-corrected chi connectivity index (χ3v) is 4.59. The minimum atomic E-state index is -0.754. The molecule has 6 nitrogen and oxygen atoms in total. The summed E-state index contributed by atoms with van der Waals surface area (Å²) in [4.78, 5) is 32.5. The van der Waals surface area contributed by atoms with Crippen LogP contribution in [0.1, 0.15) is 46.2 Å². The number of hydrogen-bond acceptors (Lipinski definition) is 6. The zero-order chi connectivity index (χ0) is 19.7. The fraction of sp³-hybridized carbons (Fsp3) is 0.158. The Labute approximate surface area is 165 Å². The normalized spacial score (nSPS) is 17.3. The summed E-state index contributed by atoms with van der Waals surface area (Å²) < 4.78 is 5.48. The molecule has 2 aromatic rings. The third-order valence-electron chi connectivity index (χ3n) is 4.14. The lowest BCUT2D eigenvalue weighted by Crippen LogP contribution is -2.09. The molecule has 1 aliphatic heterocycles. The second kappa shape index (κ2) is 7.50. The first-order valence-corrected chi connectivity index (χ1v) is 8.70. The largest absolute Gasteiger partial charge is 0.449 e. The zero-order valence-corrected chi connectivity index (χ0v) is 16.0. The minimum absolute atomic E-state index is 0.0836. The SMILES string of the molecule is C/C(Cl)=C(\C=C(/C)C(=O)c1cncnc1N)C1OC(=O)c2ccc(Cl)cc21. The van der Waals surface area contributed by atoms with Gasteiger partial charge in [0.15, 0.2) is 11.9 Å². The van der Waals surface area contributed by atoms with E-state index in [0.29, 0.717) is 32.3 Å². The molecular weight excluding hydrogens is 389 g/mol. The van der Waals surface area contributed by atoms with Crippen molar-refractivity contribution in [3.63, 3.8) is 0 Å². The van der Waals surface area contributed by atoms with Crippen LogP contribution in [0.25, 0.3) is 0 Å². The summed E-state index contributed by atoms with van der Waals surface area (Å²) in [5, 5.41) is 0.847. The Morgan fingerprint density at radius 1 is 1.33 bits per heavy atom. The van der Waals surface area contributed by atoms with Crippen LogP contribution >= 0.6 is 23.2 Å². The molecule has 1 unspecified atom stereocenters. The van der Waals surface area contributed by atoms with Crippen molar-refractivity contribution in [3.05, 3.63) is 74.7 Å². The van der Waals surface area contributed by atoms with Gasteiger partial charge in [-0.2, -0.15) is 0 Å². The van der Waals surface area contributed by atoms with Gasteiger partial charge in [0.2, 0.25) is 0 Å². The van der Waals surface area contributed by atoms with E-state index >= 15 is 0 Å². The number of allylic oxidation sites excluding steroid dienone is 2. The van der Waals surface area contributed by atoms with Crippen LogP contribution in [0.2, 0.25) is 5.02 Å². The second-order valence-electron chi connectivity index (χ2n) is 5.98. The molecule has 2 N–H and O–H groups in total. The number of fused-ring (bicyclic) bond motifs is 1. The molecule has 1 aliphatic rings. The van der Waals surface area contributed by atoms with Crippen LogP contribution in [0.5, 0.6) is 0 Å². The Morgan fingerprint density at radius 2 is 2.07 bits per heavy atom. The summed E-state index contributed by atoms with van der Waals surface area (Å²) >= 11 is 12.3. The van der Waals surface area contributed by atoms with Crippen molar-refractivity contribution in [2.75, 3.05) is 5.73 Å². The number of aromatic nitrogens is 2. The van der Waals surface area contributed by atoms with Crippen LogP contribution in [-0.4, -0.2) is 21.7 Å². The van der Waals surface area contributed by atoms with Gasteiger partial charge in [0, 0.05) is 27.4 Å². The predicted octanol–water partition coefficient (Wildman–Crippen LogP) is 4.27. The van der Waals surface area contributed by atoms with Crippen LogP contribution in [-0.2, 0) is 4.74 Å². The highest BCUT2D eigenvalue weighted by atomic mass is 35.5. The molecule has 27 heavy (non-hydrogen) atoms. The number of rotatable bonds is 4. The maximum atomic E-state index is 12.7. The fourth-order valence-corrected chi connectivity index (χ4v) is 3.12. The molecule has 0 aliphatic carbocycles. The topological polar surface area (TPSA) is 95.2 Å². The second-order valence-corrected chi connectivity index (χ2v) is 6.99. The van der Waals surface area contributed by atoms with E-state index in [4.69, 9.17) is 33.7 Å². The number of Topliss-reactive ketones (excluding diaryl/α,β-unsaturated/α-hetero) is 1. The Balaban J connectivity index is 2.02. The third kappa shape index (κ3) is 3.72. The van der Waals surface area contributed by atoms with Crippen LogP contribution in [0.3, 0.4) is 0 Å². The highest BCUT2D eigenvalue weighted by Crippen LogP contribution is 2.40. The molecule has 0 saturated carbocycles. The highest BCUT2D eigenvalue weighted by molar-refractivity contribution is 6.31. The zero-order valence-electron chi connectivity index (χ0n) is 14.5. The van der Waals surface area contributed by atoms with Gasteiger partial charge in [0.05, 0.1) is 11.1 Å². The number of anilines is 1. The highest BCUT2D eigenvalue weighted by Gasteiger charge is 2.34. The summed E-state index contributed by atoms with van der Waals surface area (Å²) in [6.07, 6.45) is 3.43. The molecule has 0 bridgehead atoms. The Kier molecular flexibility index (Phi) is 5.30. The molecule has 8 heteroatoms. The number of nitrogens with zero attached hydrogens (tertiary/aromatic N) is 2. The summed E-state index contributed by atoms with van der Waals surface area (Å²) in [5.74, 6) is -0.736. The summed E-state index contributed by atoms with van der Waals surface area (Å²) in [6, 6.07) is 4.87. The van der Waals surface area contributed by atoms with Gasteiger partial charge in [-0.15, -0.1) is 0 Å². The van der Waals surface area contributed by atoms with E-state index in [-0.39, 0.29) is 17.2 Å². The molecule has 0 spiro atoms. The lowest BCUT2D eigenvalue weighted by atomic mass is 9.96. The first-order valence-electron chi connectivity index (χ1n) is 7.94. The first-order chi connectivity index (χ1) is 12.8. The van der Waals surface area contributed by atoms with Gasteiger partial charge in [0.25, 0.3) is 0 Å². The number of halogens is 2. The molecule has 0 saturated heterocycles. The molecule has 3 rings (SSSR count). The lowest BCUT2D eigenvalue weighted by molar-refractivity contribution is 0.0454. The quantitative estimate of drug-likeness (QED) is 0.354. The van der Waals surface area contributed by atoms with Gasteiger partial charge < -0.3 is 10.5 Å². The smallest absolute Gasteiger partial charge is 0.339 e. The fourth-order valence-electron chi connectivity index (χ4n) is 2.78. The number of nitrogens with two attached hydrogens (primary N) is 1. The van der Waals surface area contributed by atoms with E-state index < -0.39 is 12.1 Å². The number of esters is 1. The molecule has 1 atom stereocenters. The van der Waals surface area contributed by atoms with E-state index in [1.807, 2.05) is 0 Å². The average Bonchev–Trinajstić information content (AvgIpc) is 2.94. The van der Waals surface area contributed by atoms with E-state index in [1.54, 1.807) is 38.1 Å². The average molecular weight is 404 g/mol. The Hall–Kier alpha value is -2.70. The van der Waals surface area contributed by atoms with Gasteiger partial charge in [-0.3, -0.25) is 4.79 Å². The van der Waals surface area contributed by atoms with E-state index in [2.05, 4.69) is 9.97 Å². The number of ketones is 1. The van der Waals surface area contributed by atoms with Crippen molar-refractivity contribution in [2.24, 2.45) is 0 Å². The Morgan fingerprint density at radius 3 is 2.74 bits per heavy atom. The van der Waals surface area contributed by atoms with Crippen molar-refractivity contribution in [3.8, 4) is 0 Å².